The van der Waals surface area contributed by atoms with E-state index in [0.29, 0.717) is 12.1 Å². The van der Waals surface area contributed by atoms with Crippen molar-refractivity contribution in [3.8, 4) is 0 Å². The Bertz CT molecular complexity index is 299. The molecule has 0 aliphatic heterocycles. The first-order valence-corrected chi connectivity index (χ1v) is 8.55. The van der Waals surface area contributed by atoms with Crippen molar-refractivity contribution in [1.29, 1.82) is 0 Å². The molecule has 0 unspecified atom stereocenters. The number of nitrogens with one attached hydrogen (secondary N) is 2. The van der Waals surface area contributed by atoms with Crippen molar-refractivity contribution >= 4 is 13.6 Å². The van der Waals surface area contributed by atoms with E-state index in [1.165, 1.54) is 5.19 Å². The third-order valence-corrected chi connectivity index (χ3v) is 6.30. The van der Waals surface area contributed by atoms with Gasteiger partial charge in [0, 0.05) is 0 Å². The molecule has 1 aromatic carbocycles. The van der Waals surface area contributed by atoms with Gasteiger partial charge in [0.15, 0.2) is 0 Å². The lowest BCUT2D eigenvalue weighted by molar-refractivity contribution is 0.672. The minimum atomic E-state index is -1.75. The quantitative estimate of drug-likeness (QED) is 0.764. The monoisotopic (exact) mass is 236 g/mol. The number of hydrogen-bond acceptors (Lipinski definition) is 2. The van der Waals surface area contributed by atoms with Gasteiger partial charge in [0.05, 0.1) is 0 Å². The molecule has 0 aliphatic rings. The maximum atomic E-state index is 3.73. The Morgan fingerprint density at radius 1 is 0.875 bits per heavy atom. The molecule has 0 heterocycles. The predicted molar refractivity (Wildman–Crippen MR) is 74.2 cm³/mol. The molecule has 0 radical (unpaired) electrons. The smallest absolute Gasteiger partial charge is 0.231 e. The molecule has 0 amide bonds. The first-order chi connectivity index (χ1) is 7.44. The summed E-state index contributed by atoms with van der Waals surface area (Å²) in [5.41, 5.74) is 0. The summed E-state index contributed by atoms with van der Waals surface area (Å²) in [6.07, 6.45) is 0. The lowest BCUT2D eigenvalue weighted by Gasteiger charge is -2.33. The van der Waals surface area contributed by atoms with Crippen LogP contribution in [0, 0.1) is 0 Å². The van der Waals surface area contributed by atoms with Gasteiger partial charge in [0.1, 0.15) is 0 Å². The summed E-state index contributed by atoms with van der Waals surface area (Å²) in [6, 6.07) is 11.7. The molecule has 0 saturated carbocycles. The van der Waals surface area contributed by atoms with E-state index in [0.717, 1.165) is 0 Å². The van der Waals surface area contributed by atoms with E-state index in [9.17, 15) is 0 Å². The molecule has 0 fully saturated rings. The van der Waals surface area contributed by atoms with Gasteiger partial charge in [-0.2, -0.15) is 0 Å². The summed E-state index contributed by atoms with van der Waals surface area (Å²) in [5, 5.41) is 1.41. The van der Waals surface area contributed by atoms with Crippen LogP contribution in [0.3, 0.4) is 0 Å². The molecule has 2 nitrogen and oxygen atoms in total. The molecule has 90 valence electrons. The lowest BCUT2D eigenvalue weighted by Crippen LogP contribution is -2.71. The van der Waals surface area contributed by atoms with Gasteiger partial charge in [-0.25, -0.2) is 0 Å². The van der Waals surface area contributed by atoms with Gasteiger partial charge in [-0.15, -0.1) is 0 Å². The van der Waals surface area contributed by atoms with Crippen LogP contribution in [0.1, 0.15) is 27.7 Å². The maximum absolute atomic E-state index is 3.73. The normalized spacial score (nSPS) is 12.4. The van der Waals surface area contributed by atoms with Crippen molar-refractivity contribution in [1.82, 2.24) is 9.96 Å². The van der Waals surface area contributed by atoms with E-state index < -0.39 is 8.40 Å². The SMILES string of the molecule is CC(C)N[Si](C)(NC(C)C)c1ccccc1. The third-order valence-electron chi connectivity index (χ3n) is 2.51. The first-order valence-electron chi connectivity index (χ1n) is 6.05. The summed E-state index contributed by atoms with van der Waals surface area (Å²) in [5.74, 6) is 0. The van der Waals surface area contributed by atoms with Gasteiger partial charge in [0.2, 0.25) is 8.40 Å². The second-order valence-electron chi connectivity index (χ2n) is 5.09. The molecular formula is C13H24N2Si. The van der Waals surface area contributed by atoms with Crippen molar-refractivity contribution in [2.45, 2.75) is 46.3 Å². The van der Waals surface area contributed by atoms with Crippen LogP contribution in [0.15, 0.2) is 30.3 Å². The second kappa shape index (κ2) is 5.62. The van der Waals surface area contributed by atoms with Crippen LogP contribution < -0.4 is 15.2 Å². The van der Waals surface area contributed by atoms with E-state index >= 15 is 0 Å². The topological polar surface area (TPSA) is 24.1 Å². The predicted octanol–water partition coefficient (Wildman–Crippen LogP) is 1.96. The van der Waals surface area contributed by atoms with Crippen LogP contribution in [0.25, 0.3) is 0 Å². The Morgan fingerprint density at radius 3 is 1.69 bits per heavy atom. The fraction of sp³-hybridized carbons (Fsp3) is 0.538. The van der Waals surface area contributed by atoms with Gasteiger partial charge in [-0.3, -0.25) is 0 Å². The molecular weight excluding hydrogens is 212 g/mol. The van der Waals surface area contributed by atoms with Gasteiger partial charge in [-0.05, 0) is 23.8 Å². The summed E-state index contributed by atoms with van der Waals surface area (Å²) >= 11 is 0. The van der Waals surface area contributed by atoms with Gasteiger partial charge < -0.3 is 9.96 Å². The molecule has 2 N–H and O–H groups in total. The van der Waals surface area contributed by atoms with Crippen LogP contribution >= 0.6 is 0 Å². The number of rotatable bonds is 5. The Kier molecular flexibility index (Phi) is 4.71. The van der Waals surface area contributed by atoms with Crippen LogP contribution in [0.5, 0.6) is 0 Å². The maximum Gasteiger partial charge on any atom is 0.231 e. The van der Waals surface area contributed by atoms with Crippen LogP contribution in [-0.2, 0) is 0 Å². The van der Waals surface area contributed by atoms with Crippen molar-refractivity contribution in [2.24, 2.45) is 0 Å². The first kappa shape index (κ1) is 13.4. The fourth-order valence-corrected chi connectivity index (χ4v) is 5.72. The summed E-state index contributed by atoms with van der Waals surface area (Å²) in [7, 11) is -1.75. The number of benzene rings is 1. The number of hydrogen-bond donors (Lipinski definition) is 2. The largest absolute Gasteiger partial charge is 0.320 e. The highest BCUT2D eigenvalue weighted by molar-refractivity contribution is 6.86. The molecule has 16 heavy (non-hydrogen) atoms. The average Bonchev–Trinajstić information content (AvgIpc) is 2.16. The molecule has 0 aromatic heterocycles. The van der Waals surface area contributed by atoms with Crippen molar-refractivity contribution in [3.05, 3.63) is 30.3 Å². The second-order valence-corrected chi connectivity index (χ2v) is 8.49. The Hall–Kier alpha value is -0.643. The minimum absolute atomic E-state index is 0.503. The van der Waals surface area contributed by atoms with Crippen LogP contribution in [-0.4, -0.2) is 20.5 Å². The van der Waals surface area contributed by atoms with Gasteiger partial charge >= 0.3 is 0 Å². The molecule has 0 bridgehead atoms. The zero-order chi connectivity index (χ0) is 12.2. The molecule has 0 spiro atoms. The Balaban J connectivity index is 2.95. The highest BCUT2D eigenvalue weighted by Gasteiger charge is 2.31. The Labute approximate surface area is 101 Å². The summed E-state index contributed by atoms with van der Waals surface area (Å²) < 4.78 is 0. The summed E-state index contributed by atoms with van der Waals surface area (Å²) in [6.45, 7) is 11.2. The van der Waals surface area contributed by atoms with Crippen molar-refractivity contribution < 1.29 is 0 Å². The fourth-order valence-electron chi connectivity index (χ4n) is 2.13. The zero-order valence-corrected chi connectivity index (χ0v) is 12.0. The van der Waals surface area contributed by atoms with Crippen molar-refractivity contribution in [2.75, 3.05) is 0 Å². The van der Waals surface area contributed by atoms with E-state index in [-0.39, 0.29) is 0 Å². The molecule has 1 aromatic rings. The molecule has 3 heteroatoms. The zero-order valence-electron chi connectivity index (χ0n) is 11.0. The van der Waals surface area contributed by atoms with E-state index in [1.807, 2.05) is 0 Å². The van der Waals surface area contributed by atoms with Crippen LogP contribution in [0.4, 0.5) is 0 Å². The van der Waals surface area contributed by atoms with Crippen molar-refractivity contribution in [3.63, 3.8) is 0 Å². The summed E-state index contributed by atoms with van der Waals surface area (Å²) in [4.78, 5) is 7.46. The molecule has 0 aliphatic carbocycles. The third kappa shape index (κ3) is 3.74. The lowest BCUT2D eigenvalue weighted by atomic mass is 10.4. The molecule has 0 saturated heterocycles. The van der Waals surface area contributed by atoms with Gasteiger partial charge in [-0.1, -0.05) is 58.0 Å². The van der Waals surface area contributed by atoms with Crippen LogP contribution in [0.2, 0.25) is 6.55 Å². The average molecular weight is 236 g/mol. The van der Waals surface area contributed by atoms with E-state index in [2.05, 4.69) is 74.5 Å². The van der Waals surface area contributed by atoms with E-state index in [4.69, 9.17) is 0 Å². The highest BCUT2D eigenvalue weighted by atomic mass is 28.3. The molecule has 0 atom stereocenters. The minimum Gasteiger partial charge on any atom is -0.320 e. The Morgan fingerprint density at radius 2 is 1.31 bits per heavy atom. The molecule has 1 rings (SSSR count). The highest BCUT2D eigenvalue weighted by Crippen LogP contribution is 2.00. The van der Waals surface area contributed by atoms with E-state index in [1.54, 1.807) is 0 Å². The van der Waals surface area contributed by atoms with Gasteiger partial charge in [0.25, 0.3) is 0 Å². The standard InChI is InChI=1S/C13H24N2Si/c1-11(2)14-16(5,15-12(3)4)13-9-7-6-8-10-13/h6-12,14-15H,1-5H3.